The van der Waals surface area contributed by atoms with Crippen LogP contribution in [0.4, 0.5) is 10.2 Å². The first kappa shape index (κ1) is 18.2. The lowest BCUT2D eigenvalue weighted by atomic mass is 10.1. The third-order valence-electron chi connectivity index (χ3n) is 4.84. The molecule has 0 fully saturated rings. The number of aromatic nitrogens is 4. The van der Waals surface area contributed by atoms with Crippen molar-refractivity contribution in [2.24, 2.45) is 0 Å². The van der Waals surface area contributed by atoms with Gasteiger partial charge in [0.2, 0.25) is 0 Å². The van der Waals surface area contributed by atoms with Gasteiger partial charge < -0.3 is 14.8 Å². The zero-order chi connectivity index (χ0) is 20.3. The molecule has 0 unspecified atom stereocenters. The second-order valence-electron chi connectivity index (χ2n) is 6.80. The van der Waals surface area contributed by atoms with Crippen molar-refractivity contribution in [3.05, 3.63) is 66.5 Å². The fraction of sp³-hybridized carbons (Fsp3) is 0.182. The zero-order valence-electron chi connectivity index (χ0n) is 16.0. The second kappa shape index (κ2) is 7.90. The van der Waals surface area contributed by atoms with Crippen molar-refractivity contribution >= 4 is 16.7 Å². The van der Waals surface area contributed by atoms with Gasteiger partial charge in [-0.15, -0.1) is 0 Å². The number of pyridine rings is 2. The largest absolute Gasteiger partial charge is 0.484 e. The minimum Gasteiger partial charge on any atom is -0.484 e. The molecule has 1 aliphatic heterocycles. The highest BCUT2D eigenvalue weighted by Gasteiger charge is 2.16. The Hall–Kier alpha value is -3.81. The van der Waals surface area contributed by atoms with Crippen LogP contribution in [0.25, 0.3) is 22.2 Å². The Balaban J connectivity index is 1.33. The average Bonchev–Trinajstić information content (AvgIpc) is 2.79. The molecule has 5 rings (SSSR count). The molecule has 7 nitrogen and oxygen atoms in total. The highest BCUT2D eigenvalue weighted by atomic mass is 19.1. The summed E-state index contributed by atoms with van der Waals surface area (Å²) in [5.74, 6) is 1.53. The quantitative estimate of drug-likeness (QED) is 0.545. The van der Waals surface area contributed by atoms with Gasteiger partial charge in [0.25, 0.3) is 5.88 Å². The number of nitrogens with one attached hydrogen (secondary N) is 1. The molecule has 0 spiro atoms. The molecular formula is C22H18FN5O2. The van der Waals surface area contributed by atoms with E-state index in [2.05, 4.69) is 25.3 Å². The van der Waals surface area contributed by atoms with Gasteiger partial charge in [0, 0.05) is 41.5 Å². The molecule has 0 saturated heterocycles. The summed E-state index contributed by atoms with van der Waals surface area (Å²) >= 11 is 0. The number of hydrogen-bond acceptors (Lipinski definition) is 7. The fourth-order valence-corrected chi connectivity index (χ4v) is 3.44. The maximum Gasteiger partial charge on any atom is 0.257 e. The first-order valence-electron chi connectivity index (χ1n) is 9.62. The number of fused-ring (bicyclic) bond motifs is 2. The van der Waals surface area contributed by atoms with Gasteiger partial charge in [-0.2, -0.15) is 0 Å². The molecule has 0 amide bonds. The molecule has 0 saturated carbocycles. The number of halogens is 1. The Labute approximate surface area is 172 Å². The molecule has 3 aromatic heterocycles. The molecule has 8 heteroatoms. The highest BCUT2D eigenvalue weighted by molar-refractivity contribution is 5.84. The van der Waals surface area contributed by atoms with E-state index in [-0.39, 0.29) is 5.82 Å². The Morgan fingerprint density at radius 2 is 1.90 bits per heavy atom. The third kappa shape index (κ3) is 3.59. The predicted octanol–water partition coefficient (Wildman–Crippen LogP) is 3.65. The minimum absolute atomic E-state index is 0.348. The molecule has 30 heavy (non-hydrogen) atoms. The summed E-state index contributed by atoms with van der Waals surface area (Å²) in [6.45, 7) is 1.66. The van der Waals surface area contributed by atoms with Crippen molar-refractivity contribution in [1.29, 1.82) is 0 Å². The van der Waals surface area contributed by atoms with E-state index in [1.54, 1.807) is 24.5 Å². The standard InChI is InChI=1S/C22H18FN5O2/c23-17-11-16(10-15-2-1-5-25-20(15)17)18-12-19(28-13-27-18)24-6-3-14-4-7-26-22-21(14)29-8-9-30-22/h1-2,4-5,7,10-13H,3,6,8-9H2,(H,24,27,28). The van der Waals surface area contributed by atoms with Crippen LogP contribution in [0.2, 0.25) is 0 Å². The first-order chi connectivity index (χ1) is 14.8. The van der Waals surface area contributed by atoms with Crippen LogP contribution in [0.1, 0.15) is 5.56 Å². The summed E-state index contributed by atoms with van der Waals surface area (Å²) in [7, 11) is 0. The molecule has 4 heterocycles. The van der Waals surface area contributed by atoms with Crippen molar-refractivity contribution in [1.82, 2.24) is 19.9 Å². The predicted molar refractivity (Wildman–Crippen MR) is 110 cm³/mol. The van der Waals surface area contributed by atoms with Crippen LogP contribution in [-0.4, -0.2) is 39.7 Å². The van der Waals surface area contributed by atoms with E-state index in [1.165, 1.54) is 12.4 Å². The number of nitrogens with zero attached hydrogens (tertiary/aromatic N) is 4. The van der Waals surface area contributed by atoms with Crippen LogP contribution in [-0.2, 0) is 6.42 Å². The van der Waals surface area contributed by atoms with E-state index in [0.29, 0.717) is 60.4 Å². The van der Waals surface area contributed by atoms with Crippen molar-refractivity contribution in [3.8, 4) is 22.9 Å². The normalized spacial score (nSPS) is 12.7. The Kier molecular flexibility index (Phi) is 4.80. The Morgan fingerprint density at radius 1 is 0.967 bits per heavy atom. The van der Waals surface area contributed by atoms with E-state index < -0.39 is 0 Å². The van der Waals surface area contributed by atoms with Crippen LogP contribution >= 0.6 is 0 Å². The monoisotopic (exact) mass is 403 g/mol. The molecule has 0 aliphatic carbocycles. The minimum atomic E-state index is -0.374. The van der Waals surface area contributed by atoms with Crippen molar-refractivity contribution in [2.45, 2.75) is 6.42 Å². The summed E-state index contributed by atoms with van der Waals surface area (Å²) in [5.41, 5.74) is 2.67. The molecule has 4 aromatic rings. The van der Waals surface area contributed by atoms with Crippen LogP contribution in [0, 0.1) is 5.82 Å². The Morgan fingerprint density at radius 3 is 2.87 bits per heavy atom. The number of hydrogen-bond donors (Lipinski definition) is 1. The van der Waals surface area contributed by atoms with Crippen LogP contribution < -0.4 is 14.8 Å². The lowest BCUT2D eigenvalue weighted by Gasteiger charge is -2.19. The average molecular weight is 403 g/mol. The van der Waals surface area contributed by atoms with Crippen LogP contribution in [0.3, 0.4) is 0 Å². The van der Waals surface area contributed by atoms with Crippen molar-refractivity contribution < 1.29 is 13.9 Å². The topological polar surface area (TPSA) is 82.1 Å². The summed E-state index contributed by atoms with van der Waals surface area (Å²) in [5, 5.41) is 4.02. The van der Waals surface area contributed by atoms with E-state index in [1.807, 2.05) is 18.2 Å². The maximum atomic E-state index is 14.4. The van der Waals surface area contributed by atoms with Gasteiger partial charge in [-0.25, -0.2) is 19.3 Å². The highest BCUT2D eigenvalue weighted by Crippen LogP contribution is 2.31. The number of anilines is 1. The number of rotatable bonds is 5. The van der Waals surface area contributed by atoms with Gasteiger partial charge in [-0.05, 0) is 30.7 Å². The SMILES string of the molecule is Fc1cc(-c2cc(NCCc3ccnc4c3OCCO4)ncn2)cc2cccnc12. The number of ether oxygens (including phenoxy) is 2. The van der Waals surface area contributed by atoms with E-state index in [0.717, 1.165) is 10.9 Å². The lowest BCUT2D eigenvalue weighted by Crippen LogP contribution is -2.18. The molecule has 1 N–H and O–H groups in total. The maximum absolute atomic E-state index is 14.4. The van der Waals surface area contributed by atoms with E-state index >= 15 is 0 Å². The molecule has 1 aliphatic rings. The summed E-state index contributed by atoms with van der Waals surface area (Å²) in [6, 6.07) is 10.7. The second-order valence-corrected chi connectivity index (χ2v) is 6.80. The smallest absolute Gasteiger partial charge is 0.257 e. The zero-order valence-corrected chi connectivity index (χ0v) is 16.0. The van der Waals surface area contributed by atoms with Gasteiger partial charge in [0.05, 0.1) is 5.69 Å². The summed E-state index contributed by atoms with van der Waals surface area (Å²) < 4.78 is 25.6. The fourth-order valence-electron chi connectivity index (χ4n) is 3.44. The summed E-state index contributed by atoms with van der Waals surface area (Å²) in [4.78, 5) is 16.9. The van der Waals surface area contributed by atoms with Crippen LogP contribution in [0.15, 0.2) is 55.1 Å². The number of benzene rings is 1. The van der Waals surface area contributed by atoms with Crippen molar-refractivity contribution in [3.63, 3.8) is 0 Å². The molecule has 1 aromatic carbocycles. The van der Waals surface area contributed by atoms with Gasteiger partial charge in [-0.3, -0.25) is 4.98 Å². The van der Waals surface area contributed by atoms with Crippen molar-refractivity contribution in [2.75, 3.05) is 25.1 Å². The van der Waals surface area contributed by atoms with Crippen LogP contribution in [0.5, 0.6) is 11.6 Å². The molecule has 0 atom stereocenters. The molecule has 150 valence electrons. The molecular weight excluding hydrogens is 385 g/mol. The van der Waals surface area contributed by atoms with Gasteiger partial charge in [0.1, 0.15) is 36.7 Å². The summed E-state index contributed by atoms with van der Waals surface area (Å²) in [6.07, 6.45) is 5.47. The van der Waals surface area contributed by atoms with Gasteiger partial charge in [-0.1, -0.05) is 6.07 Å². The first-order valence-corrected chi connectivity index (χ1v) is 9.62. The molecule has 0 bridgehead atoms. The van der Waals surface area contributed by atoms with Gasteiger partial charge in [0.15, 0.2) is 5.75 Å². The van der Waals surface area contributed by atoms with E-state index in [9.17, 15) is 4.39 Å². The van der Waals surface area contributed by atoms with Gasteiger partial charge >= 0.3 is 0 Å². The Bertz CT molecular complexity index is 1220. The molecule has 0 radical (unpaired) electrons. The van der Waals surface area contributed by atoms with E-state index in [4.69, 9.17) is 9.47 Å². The lowest BCUT2D eigenvalue weighted by molar-refractivity contribution is 0.163. The third-order valence-corrected chi connectivity index (χ3v) is 4.84.